The molecule has 1 unspecified atom stereocenters. The molecule has 15 heavy (non-hydrogen) atoms. The first-order valence-corrected chi connectivity index (χ1v) is 6.02. The van der Waals surface area contributed by atoms with E-state index in [2.05, 4.69) is 47.6 Å². The van der Waals surface area contributed by atoms with Crippen molar-refractivity contribution in [3.8, 4) is 0 Å². The molecule has 0 aliphatic heterocycles. The van der Waals surface area contributed by atoms with Gasteiger partial charge in [0.25, 0.3) is 0 Å². The van der Waals surface area contributed by atoms with E-state index in [1.807, 2.05) is 7.05 Å². The molecule has 0 aliphatic rings. The molecular weight excluding hydrogens is 208 g/mol. The molecule has 0 saturated carbocycles. The number of hydrogen-bond donors (Lipinski definition) is 1. The second kappa shape index (κ2) is 5.42. The van der Waals surface area contributed by atoms with Gasteiger partial charge in [0.2, 0.25) is 0 Å². The number of anilines is 1. The summed E-state index contributed by atoms with van der Waals surface area (Å²) < 4.78 is 3.95. The zero-order valence-electron chi connectivity index (χ0n) is 10.1. The molecule has 1 rings (SSSR count). The maximum Gasteiger partial charge on any atom is 0.134 e. The molecular formula is C10H20N4S. The van der Waals surface area contributed by atoms with Crippen LogP contribution in [0, 0.1) is 5.92 Å². The van der Waals surface area contributed by atoms with Crippen LogP contribution in [0.5, 0.6) is 0 Å². The number of aromatic nitrogens is 2. The lowest BCUT2D eigenvalue weighted by Crippen LogP contribution is -2.32. The van der Waals surface area contributed by atoms with Gasteiger partial charge in [-0.2, -0.15) is 0 Å². The van der Waals surface area contributed by atoms with Crippen molar-refractivity contribution in [3.05, 3.63) is 5.69 Å². The van der Waals surface area contributed by atoms with Gasteiger partial charge in [0.15, 0.2) is 0 Å². The van der Waals surface area contributed by atoms with E-state index in [0.29, 0.717) is 12.0 Å². The summed E-state index contributed by atoms with van der Waals surface area (Å²) in [6.07, 6.45) is 0. The van der Waals surface area contributed by atoms with Gasteiger partial charge < -0.3 is 5.32 Å². The molecule has 1 aromatic rings. The molecule has 86 valence electrons. The van der Waals surface area contributed by atoms with Crippen molar-refractivity contribution in [3.63, 3.8) is 0 Å². The first-order chi connectivity index (χ1) is 7.06. The fraction of sp³-hybridized carbons (Fsp3) is 0.800. The molecule has 0 saturated heterocycles. The van der Waals surface area contributed by atoms with Crippen LogP contribution in [0.25, 0.3) is 0 Å². The maximum absolute atomic E-state index is 4.13. The van der Waals surface area contributed by atoms with Gasteiger partial charge in [-0.25, -0.2) is 0 Å². The Labute approximate surface area is 95.8 Å². The summed E-state index contributed by atoms with van der Waals surface area (Å²) in [5.74, 6) is 0.652. The Hall–Kier alpha value is -0.680. The predicted octanol–water partition coefficient (Wildman–Crippen LogP) is 2.06. The quantitative estimate of drug-likeness (QED) is 0.837. The van der Waals surface area contributed by atoms with E-state index in [1.165, 1.54) is 11.5 Å². The van der Waals surface area contributed by atoms with E-state index in [0.717, 1.165) is 17.2 Å². The van der Waals surface area contributed by atoms with Crippen LogP contribution in [0.4, 0.5) is 5.00 Å². The Balaban J connectivity index is 2.61. The minimum Gasteiger partial charge on any atom is -0.377 e. The molecule has 0 radical (unpaired) electrons. The molecule has 0 aromatic carbocycles. The molecule has 5 heteroatoms. The van der Waals surface area contributed by atoms with Gasteiger partial charge in [0.1, 0.15) is 10.7 Å². The third kappa shape index (κ3) is 3.14. The first-order valence-electron chi connectivity index (χ1n) is 5.25. The molecule has 1 aromatic heterocycles. The Morgan fingerprint density at radius 1 is 1.40 bits per heavy atom. The monoisotopic (exact) mass is 228 g/mol. The summed E-state index contributed by atoms with van der Waals surface area (Å²) in [5, 5.41) is 8.32. The molecule has 0 amide bonds. The SMILES string of the molecule is CNc1snnc1CN(C)C(C)C(C)C. The average molecular weight is 228 g/mol. The highest BCUT2D eigenvalue weighted by Crippen LogP contribution is 2.19. The highest BCUT2D eigenvalue weighted by atomic mass is 32.1. The van der Waals surface area contributed by atoms with Crippen molar-refractivity contribution < 1.29 is 0 Å². The van der Waals surface area contributed by atoms with Crippen LogP contribution in [0.3, 0.4) is 0 Å². The summed E-state index contributed by atoms with van der Waals surface area (Å²) in [4.78, 5) is 2.31. The van der Waals surface area contributed by atoms with Crippen molar-refractivity contribution in [2.75, 3.05) is 19.4 Å². The summed E-state index contributed by atoms with van der Waals surface area (Å²) in [7, 11) is 4.04. The topological polar surface area (TPSA) is 41.1 Å². The smallest absolute Gasteiger partial charge is 0.134 e. The minimum absolute atomic E-state index is 0.552. The van der Waals surface area contributed by atoms with Crippen molar-refractivity contribution in [2.45, 2.75) is 33.4 Å². The van der Waals surface area contributed by atoms with Crippen molar-refractivity contribution in [2.24, 2.45) is 5.92 Å². The summed E-state index contributed by atoms with van der Waals surface area (Å²) >= 11 is 1.41. The summed E-state index contributed by atoms with van der Waals surface area (Å²) in [5.41, 5.74) is 1.04. The fourth-order valence-electron chi connectivity index (χ4n) is 1.39. The highest BCUT2D eigenvalue weighted by molar-refractivity contribution is 7.10. The van der Waals surface area contributed by atoms with E-state index in [-0.39, 0.29) is 0 Å². The van der Waals surface area contributed by atoms with Crippen LogP contribution in [0.2, 0.25) is 0 Å². The largest absolute Gasteiger partial charge is 0.377 e. The van der Waals surface area contributed by atoms with Gasteiger partial charge in [-0.3, -0.25) is 4.90 Å². The summed E-state index contributed by atoms with van der Waals surface area (Å²) in [6, 6.07) is 0.552. The van der Waals surface area contributed by atoms with Crippen LogP contribution in [0.1, 0.15) is 26.5 Å². The van der Waals surface area contributed by atoms with E-state index in [4.69, 9.17) is 0 Å². The van der Waals surface area contributed by atoms with E-state index >= 15 is 0 Å². The number of nitrogens with zero attached hydrogens (tertiary/aromatic N) is 3. The van der Waals surface area contributed by atoms with Gasteiger partial charge >= 0.3 is 0 Å². The van der Waals surface area contributed by atoms with Crippen LogP contribution >= 0.6 is 11.5 Å². The van der Waals surface area contributed by atoms with Gasteiger partial charge in [-0.05, 0) is 19.9 Å². The van der Waals surface area contributed by atoms with Gasteiger partial charge in [0, 0.05) is 31.2 Å². The number of rotatable bonds is 5. The maximum atomic E-state index is 4.13. The number of nitrogens with one attached hydrogen (secondary N) is 1. The number of hydrogen-bond acceptors (Lipinski definition) is 5. The van der Waals surface area contributed by atoms with Crippen molar-refractivity contribution in [1.82, 2.24) is 14.5 Å². The molecule has 4 nitrogen and oxygen atoms in total. The normalized spacial score (nSPS) is 13.5. The zero-order valence-corrected chi connectivity index (χ0v) is 10.9. The van der Waals surface area contributed by atoms with Gasteiger partial charge in [-0.15, -0.1) is 5.10 Å². The van der Waals surface area contributed by atoms with Gasteiger partial charge in [0.05, 0.1) is 0 Å². The Kier molecular flexibility index (Phi) is 4.47. The van der Waals surface area contributed by atoms with Crippen LogP contribution < -0.4 is 5.32 Å². The van der Waals surface area contributed by atoms with Gasteiger partial charge in [-0.1, -0.05) is 18.3 Å². The van der Waals surface area contributed by atoms with Crippen LogP contribution in [-0.4, -0.2) is 34.6 Å². The van der Waals surface area contributed by atoms with E-state index < -0.39 is 0 Å². The molecule has 1 heterocycles. The lowest BCUT2D eigenvalue weighted by Gasteiger charge is -2.27. The predicted molar refractivity (Wildman–Crippen MR) is 65.2 cm³/mol. The zero-order chi connectivity index (χ0) is 11.4. The third-order valence-electron chi connectivity index (χ3n) is 2.84. The standard InChI is InChI=1S/C10H20N4S/c1-7(2)8(3)14(5)6-9-10(11-4)15-13-12-9/h7-8,11H,6H2,1-5H3. The molecule has 0 spiro atoms. The molecule has 1 atom stereocenters. The van der Waals surface area contributed by atoms with Crippen molar-refractivity contribution in [1.29, 1.82) is 0 Å². The second-order valence-corrected chi connectivity index (χ2v) is 4.95. The molecule has 0 fully saturated rings. The highest BCUT2D eigenvalue weighted by Gasteiger charge is 2.16. The van der Waals surface area contributed by atoms with Crippen LogP contribution in [0.15, 0.2) is 0 Å². The second-order valence-electron chi connectivity index (χ2n) is 4.20. The minimum atomic E-state index is 0.552. The lowest BCUT2D eigenvalue weighted by atomic mass is 10.1. The lowest BCUT2D eigenvalue weighted by molar-refractivity contribution is 0.198. The van der Waals surface area contributed by atoms with E-state index in [9.17, 15) is 0 Å². The van der Waals surface area contributed by atoms with Crippen LogP contribution in [-0.2, 0) is 6.54 Å². The summed E-state index contributed by atoms with van der Waals surface area (Å²) in [6.45, 7) is 7.56. The molecule has 0 aliphatic carbocycles. The van der Waals surface area contributed by atoms with Crippen molar-refractivity contribution >= 4 is 16.5 Å². The Morgan fingerprint density at radius 2 is 2.07 bits per heavy atom. The molecule has 0 bridgehead atoms. The fourth-order valence-corrected chi connectivity index (χ4v) is 1.91. The first kappa shape index (κ1) is 12.4. The Morgan fingerprint density at radius 3 is 2.60 bits per heavy atom. The Bertz CT molecular complexity index is 297. The molecule has 1 N–H and O–H groups in total. The van der Waals surface area contributed by atoms with E-state index in [1.54, 1.807) is 0 Å². The average Bonchev–Trinajstić information content (AvgIpc) is 2.63. The third-order valence-corrected chi connectivity index (χ3v) is 3.63.